The summed E-state index contributed by atoms with van der Waals surface area (Å²) >= 11 is 1.71. The second kappa shape index (κ2) is 8.55. The monoisotopic (exact) mass is 314 g/mol. The standard InChI is InChI=1S/C15H22N2OS.ClH/c1-12-4-3-5-14(8-12)10-19-11-15(18)17-7-6-16-9-13(17)2;/h3-5,8,13,16H,6-7,9-11H2,1-2H3;1H/t13-;/m1./s1. The van der Waals surface area contributed by atoms with E-state index in [1.165, 1.54) is 11.1 Å². The van der Waals surface area contributed by atoms with E-state index in [0.29, 0.717) is 11.8 Å². The third kappa shape index (κ3) is 5.00. The van der Waals surface area contributed by atoms with Crippen molar-refractivity contribution >= 4 is 30.1 Å². The molecule has 3 nitrogen and oxygen atoms in total. The molecular formula is C15H23ClN2OS. The van der Waals surface area contributed by atoms with Gasteiger partial charge in [-0.1, -0.05) is 29.8 Å². The molecule has 0 aliphatic carbocycles. The van der Waals surface area contributed by atoms with Crippen molar-refractivity contribution < 1.29 is 4.79 Å². The molecule has 1 aromatic carbocycles. The molecular weight excluding hydrogens is 292 g/mol. The van der Waals surface area contributed by atoms with Gasteiger partial charge in [0.15, 0.2) is 0 Å². The molecule has 1 saturated heterocycles. The van der Waals surface area contributed by atoms with Gasteiger partial charge >= 0.3 is 0 Å². The summed E-state index contributed by atoms with van der Waals surface area (Å²) in [7, 11) is 0. The zero-order valence-corrected chi connectivity index (χ0v) is 13.7. The van der Waals surface area contributed by atoms with Gasteiger partial charge in [-0.2, -0.15) is 0 Å². The number of nitrogens with one attached hydrogen (secondary N) is 1. The first-order valence-corrected chi connectivity index (χ1v) is 7.96. The Balaban J connectivity index is 0.00000200. The van der Waals surface area contributed by atoms with Gasteiger partial charge in [0.1, 0.15) is 0 Å². The number of carbonyl (C=O) groups is 1. The van der Waals surface area contributed by atoms with Crippen LogP contribution in [0.15, 0.2) is 24.3 Å². The van der Waals surface area contributed by atoms with Crippen LogP contribution in [0.1, 0.15) is 18.1 Å². The van der Waals surface area contributed by atoms with Crippen LogP contribution < -0.4 is 5.32 Å². The van der Waals surface area contributed by atoms with Gasteiger partial charge in [-0.25, -0.2) is 0 Å². The second-order valence-electron chi connectivity index (χ2n) is 5.12. The van der Waals surface area contributed by atoms with Gasteiger partial charge < -0.3 is 10.2 Å². The van der Waals surface area contributed by atoms with Gasteiger partial charge in [0.25, 0.3) is 0 Å². The molecule has 5 heteroatoms. The average molecular weight is 315 g/mol. The van der Waals surface area contributed by atoms with Crippen LogP contribution in [-0.2, 0) is 10.5 Å². The highest BCUT2D eigenvalue weighted by atomic mass is 35.5. The topological polar surface area (TPSA) is 32.3 Å². The Morgan fingerprint density at radius 3 is 3.00 bits per heavy atom. The molecule has 1 aliphatic rings. The first kappa shape index (κ1) is 17.3. The van der Waals surface area contributed by atoms with E-state index in [2.05, 4.69) is 43.4 Å². The average Bonchev–Trinajstić information content (AvgIpc) is 2.39. The first-order chi connectivity index (χ1) is 9.16. The number of nitrogens with zero attached hydrogens (tertiary/aromatic N) is 1. The van der Waals surface area contributed by atoms with Crippen LogP contribution in [0.25, 0.3) is 0 Å². The summed E-state index contributed by atoms with van der Waals surface area (Å²) < 4.78 is 0. The highest BCUT2D eigenvalue weighted by molar-refractivity contribution is 7.99. The second-order valence-corrected chi connectivity index (χ2v) is 6.11. The third-order valence-electron chi connectivity index (χ3n) is 3.40. The zero-order valence-electron chi connectivity index (χ0n) is 12.1. The number of carbonyl (C=O) groups excluding carboxylic acids is 1. The highest BCUT2D eigenvalue weighted by Gasteiger charge is 2.22. The molecule has 0 spiro atoms. The third-order valence-corrected chi connectivity index (χ3v) is 4.39. The van der Waals surface area contributed by atoms with Crippen LogP contribution in [0.3, 0.4) is 0 Å². The quantitative estimate of drug-likeness (QED) is 0.926. The highest BCUT2D eigenvalue weighted by Crippen LogP contribution is 2.15. The van der Waals surface area contributed by atoms with Gasteiger partial charge in [-0.3, -0.25) is 4.79 Å². The molecule has 1 N–H and O–H groups in total. The summed E-state index contributed by atoms with van der Waals surface area (Å²) in [4.78, 5) is 14.1. The van der Waals surface area contributed by atoms with E-state index in [1.807, 2.05) is 4.90 Å². The maximum absolute atomic E-state index is 12.1. The van der Waals surface area contributed by atoms with Crippen molar-refractivity contribution in [3.05, 3.63) is 35.4 Å². The van der Waals surface area contributed by atoms with Crippen LogP contribution in [0, 0.1) is 6.92 Å². The fourth-order valence-corrected chi connectivity index (χ4v) is 3.21. The van der Waals surface area contributed by atoms with Crippen LogP contribution in [-0.4, -0.2) is 42.2 Å². The minimum atomic E-state index is 0. The van der Waals surface area contributed by atoms with Gasteiger partial charge in [0.2, 0.25) is 5.91 Å². The zero-order chi connectivity index (χ0) is 13.7. The van der Waals surface area contributed by atoms with Crippen molar-refractivity contribution in [2.75, 3.05) is 25.4 Å². The molecule has 0 aromatic heterocycles. The van der Waals surface area contributed by atoms with Crippen LogP contribution in [0.5, 0.6) is 0 Å². The van der Waals surface area contributed by atoms with Crippen LogP contribution >= 0.6 is 24.2 Å². The van der Waals surface area contributed by atoms with Crippen LogP contribution in [0.2, 0.25) is 0 Å². The van der Waals surface area contributed by atoms with Crippen molar-refractivity contribution in [2.24, 2.45) is 0 Å². The number of benzene rings is 1. The van der Waals surface area contributed by atoms with Gasteiger partial charge in [-0.15, -0.1) is 24.2 Å². The summed E-state index contributed by atoms with van der Waals surface area (Å²) in [5.41, 5.74) is 2.58. The summed E-state index contributed by atoms with van der Waals surface area (Å²) in [6.07, 6.45) is 0. The number of piperazine rings is 1. The first-order valence-electron chi connectivity index (χ1n) is 6.80. The van der Waals surface area contributed by atoms with E-state index < -0.39 is 0 Å². The normalized spacial score (nSPS) is 18.5. The Hall–Kier alpha value is -0.710. The Labute approximate surface area is 131 Å². The number of amides is 1. The summed E-state index contributed by atoms with van der Waals surface area (Å²) in [5, 5.41) is 3.31. The smallest absolute Gasteiger partial charge is 0.232 e. The Kier molecular flexibility index (Phi) is 7.41. The minimum Gasteiger partial charge on any atom is -0.337 e. The lowest BCUT2D eigenvalue weighted by Crippen LogP contribution is -2.52. The number of aryl methyl sites for hydroxylation is 1. The predicted molar refractivity (Wildman–Crippen MR) is 88.6 cm³/mol. The van der Waals surface area contributed by atoms with E-state index in [-0.39, 0.29) is 18.3 Å². The fourth-order valence-electron chi connectivity index (χ4n) is 2.35. The number of hydrogen-bond acceptors (Lipinski definition) is 3. The molecule has 1 fully saturated rings. The molecule has 0 saturated carbocycles. The fraction of sp³-hybridized carbons (Fsp3) is 0.533. The van der Waals surface area contributed by atoms with Crippen molar-refractivity contribution in [1.29, 1.82) is 0 Å². The number of halogens is 1. The molecule has 1 amide bonds. The summed E-state index contributed by atoms with van der Waals surface area (Å²) in [5.74, 6) is 1.76. The molecule has 0 radical (unpaired) electrons. The molecule has 1 aliphatic heterocycles. The van der Waals surface area contributed by atoms with E-state index in [0.717, 1.165) is 25.4 Å². The Morgan fingerprint density at radius 2 is 2.30 bits per heavy atom. The summed E-state index contributed by atoms with van der Waals surface area (Å²) in [6.45, 7) is 6.87. The van der Waals surface area contributed by atoms with Crippen LogP contribution in [0.4, 0.5) is 0 Å². The molecule has 0 bridgehead atoms. The lowest BCUT2D eigenvalue weighted by Gasteiger charge is -2.34. The van der Waals surface area contributed by atoms with E-state index in [9.17, 15) is 4.79 Å². The number of hydrogen-bond donors (Lipinski definition) is 1. The minimum absolute atomic E-state index is 0. The predicted octanol–water partition coefficient (Wildman–Crippen LogP) is 2.47. The van der Waals surface area contributed by atoms with Crippen molar-refractivity contribution in [2.45, 2.75) is 25.6 Å². The van der Waals surface area contributed by atoms with E-state index in [4.69, 9.17) is 0 Å². The maximum atomic E-state index is 12.1. The molecule has 2 rings (SSSR count). The Morgan fingerprint density at radius 1 is 1.50 bits per heavy atom. The molecule has 20 heavy (non-hydrogen) atoms. The molecule has 1 aromatic rings. The largest absolute Gasteiger partial charge is 0.337 e. The Bertz CT molecular complexity index is 442. The van der Waals surface area contributed by atoms with Gasteiger partial charge in [0, 0.05) is 31.4 Å². The van der Waals surface area contributed by atoms with Crippen molar-refractivity contribution in [3.8, 4) is 0 Å². The lowest BCUT2D eigenvalue weighted by atomic mass is 10.2. The number of thioether (sulfide) groups is 1. The SMILES string of the molecule is Cc1cccc(CSCC(=O)N2CCNC[C@H]2C)c1.Cl. The van der Waals surface area contributed by atoms with E-state index >= 15 is 0 Å². The van der Waals surface area contributed by atoms with Gasteiger partial charge in [-0.05, 0) is 19.4 Å². The van der Waals surface area contributed by atoms with Gasteiger partial charge in [0.05, 0.1) is 5.75 Å². The van der Waals surface area contributed by atoms with E-state index in [1.54, 1.807) is 11.8 Å². The molecule has 0 unspecified atom stereocenters. The lowest BCUT2D eigenvalue weighted by molar-refractivity contribution is -0.131. The molecule has 1 atom stereocenters. The molecule has 112 valence electrons. The number of rotatable bonds is 4. The van der Waals surface area contributed by atoms with Crippen molar-refractivity contribution in [1.82, 2.24) is 10.2 Å². The maximum Gasteiger partial charge on any atom is 0.232 e. The van der Waals surface area contributed by atoms with Crippen molar-refractivity contribution in [3.63, 3.8) is 0 Å². The summed E-state index contributed by atoms with van der Waals surface area (Å²) in [6, 6.07) is 8.80. The molecule has 1 heterocycles.